The molecule has 33 heavy (non-hydrogen) atoms. The third kappa shape index (κ3) is 6.50. The number of anilines is 2. The van der Waals surface area contributed by atoms with Crippen molar-refractivity contribution in [2.45, 2.75) is 57.4 Å². The van der Waals surface area contributed by atoms with Crippen LogP contribution in [0.25, 0.3) is 0 Å². The SMILES string of the molecule is CCCCN(CC)c1ccc(C(=O)NC2CCN(c3ccc(S(=O)(=O)CC)cc3)CC2)cc1. The first-order valence-corrected chi connectivity index (χ1v) is 13.8. The van der Waals surface area contributed by atoms with Crippen molar-refractivity contribution in [2.24, 2.45) is 0 Å². The summed E-state index contributed by atoms with van der Waals surface area (Å²) >= 11 is 0. The molecule has 1 heterocycles. The number of amides is 1. The Labute approximate surface area is 198 Å². The van der Waals surface area contributed by atoms with E-state index in [2.05, 4.69) is 29.0 Å². The minimum Gasteiger partial charge on any atom is -0.372 e. The summed E-state index contributed by atoms with van der Waals surface area (Å²) in [4.78, 5) is 17.7. The van der Waals surface area contributed by atoms with Crippen molar-refractivity contribution in [3.63, 3.8) is 0 Å². The van der Waals surface area contributed by atoms with Crippen molar-refractivity contribution in [1.29, 1.82) is 0 Å². The number of sulfone groups is 1. The zero-order chi connectivity index (χ0) is 23.8. The number of piperidine rings is 1. The summed E-state index contributed by atoms with van der Waals surface area (Å²) in [6.45, 7) is 9.66. The van der Waals surface area contributed by atoms with Crippen LogP contribution in [-0.2, 0) is 9.84 Å². The maximum atomic E-state index is 12.8. The third-order valence-corrected chi connectivity index (χ3v) is 8.18. The van der Waals surface area contributed by atoms with E-state index in [9.17, 15) is 13.2 Å². The quantitative estimate of drug-likeness (QED) is 0.552. The largest absolute Gasteiger partial charge is 0.372 e. The van der Waals surface area contributed by atoms with Gasteiger partial charge in [-0.05, 0) is 74.7 Å². The van der Waals surface area contributed by atoms with Crippen LogP contribution in [-0.4, -0.2) is 52.3 Å². The molecule has 1 fully saturated rings. The molecule has 6 nitrogen and oxygen atoms in total. The highest BCUT2D eigenvalue weighted by Crippen LogP contribution is 2.23. The van der Waals surface area contributed by atoms with E-state index in [1.807, 2.05) is 36.4 Å². The lowest BCUT2D eigenvalue weighted by molar-refractivity contribution is 0.0931. The van der Waals surface area contributed by atoms with E-state index in [4.69, 9.17) is 0 Å². The second-order valence-electron chi connectivity index (χ2n) is 8.61. The van der Waals surface area contributed by atoms with Crippen LogP contribution in [0.15, 0.2) is 53.4 Å². The third-order valence-electron chi connectivity index (χ3n) is 6.43. The minimum atomic E-state index is -3.18. The minimum absolute atomic E-state index is 0.0225. The molecule has 2 aromatic rings. The van der Waals surface area contributed by atoms with Crippen molar-refractivity contribution < 1.29 is 13.2 Å². The Morgan fingerprint density at radius 3 is 2.18 bits per heavy atom. The van der Waals surface area contributed by atoms with E-state index in [0.717, 1.165) is 56.8 Å². The van der Waals surface area contributed by atoms with Crippen LogP contribution in [0.3, 0.4) is 0 Å². The number of unbranched alkanes of at least 4 members (excludes halogenated alkanes) is 1. The topological polar surface area (TPSA) is 69.7 Å². The van der Waals surface area contributed by atoms with Crippen LogP contribution in [0.4, 0.5) is 11.4 Å². The van der Waals surface area contributed by atoms with Gasteiger partial charge in [0, 0.05) is 49.2 Å². The molecule has 1 aliphatic heterocycles. The zero-order valence-corrected chi connectivity index (χ0v) is 20.9. The molecule has 0 atom stereocenters. The lowest BCUT2D eigenvalue weighted by Gasteiger charge is -2.34. The second kappa shape index (κ2) is 11.5. The monoisotopic (exact) mass is 471 g/mol. The lowest BCUT2D eigenvalue weighted by atomic mass is 10.0. The summed E-state index contributed by atoms with van der Waals surface area (Å²) < 4.78 is 24.0. The predicted octanol–water partition coefficient (Wildman–Crippen LogP) is 4.51. The van der Waals surface area contributed by atoms with Gasteiger partial charge >= 0.3 is 0 Å². The van der Waals surface area contributed by atoms with Gasteiger partial charge in [0.25, 0.3) is 5.91 Å². The number of nitrogens with zero attached hydrogens (tertiary/aromatic N) is 2. The maximum absolute atomic E-state index is 12.8. The van der Waals surface area contributed by atoms with Crippen LogP contribution in [0.5, 0.6) is 0 Å². The number of nitrogens with one attached hydrogen (secondary N) is 1. The fourth-order valence-electron chi connectivity index (χ4n) is 4.22. The summed E-state index contributed by atoms with van der Waals surface area (Å²) in [7, 11) is -3.18. The molecule has 0 spiro atoms. The zero-order valence-electron chi connectivity index (χ0n) is 20.1. The second-order valence-corrected chi connectivity index (χ2v) is 10.9. The first-order valence-electron chi connectivity index (χ1n) is 12.1. The Balaban J connectivity index is 1.52. The molecular weight excluding hydrogens is 434 g/mol. The summed E-state index contributed by atoms with van der Waals surface area (Å²) in [5, 5.41) is 3.18. The van der Waals surface area contributed by atoms with Gasteiger partial charge in [-0.3, -0.25) is 4.79 Å². The summed E-state index contributed by atoms with van der Waals surface area (Å²) in [5.41, 5.74) is 2.88. The van der Waals surface area contributed by atoms with Gasteiger partial charge in [-0.25, -0.2) is 8.42 Å². The predicted molar refractivity (Wildman–Crippen MR) is 136 cm³/mol. The Morgan fingerprint density at radius 1 is 1.00 bits per heavy atom. The fourth-order valence-corrected chi connectivity index (χ4v) is 5.11. The fraction of sp³-hybridized carbons (Fsp3) is 0.500. The molecule has 1 amide bonds. The standard InChI is InChI=1S/C26H37N3O3S/c1-4-7-18-28(5-2)23-10-8-21(9-11-23)26(30)27-22-16-19-29(20-17-22)24-12-14-25(15-13-24)33(31,32)6-3/h8-15,22H,4-7,16-20H2,1-3H3,(H,27,30). The molecule has 0 bridgehead atoms. The molecule has 0 radical (unpaired) electrons. The first kappa shape index (κ1) is 25.1. The van der Waals surface area contributed by atoms with E-state index >= 15 is 0 Å². The summed E-state index contributed by atoms with van der Waals surface area (Å²) in [5.74, 6) is 0.0846. The highest BCUT2D eigenvalue weighted by molar-refractivity contribution is 7.91. The van der Waals surface area contributed by atoms with E-state index in [1.165, 1.54) is 6.42 Å². The maximum Gasteiger partial charge on any atom is 0.251 e. The summed E-state index contributed by atoms with van der Waals surface area (Å²) in [6, 6.07) is 15.2. The van der Waals surface area contributed by atoms with Crippen LogP contribution in [0.1, 0.15) is 56.8 Å². The van der Waals surface area contributed by atoms with E-state index in [0.29, 0.717) is 10.5 Å². The normalized spacial score (nSPS) is 14.8. The number of rotatable bonds is 10. The number of hydrogen-bond acceptors (Lipinski definition) is 5. The highest BCUT2D eigenvalue weighted by Gasteiger charge is 2.22. The Kier molecular flexibility index (Phi) is 8.78. The van der Waals surface area contributed by atoms with Gasteiger partial charge in [-0.15, -0.1) is 0 Å². The van der Waals surface area contributed by atoms with Crippen LogP contribution in [0, 0.1) is 0 Å². The van der Waals surface area contributed by atoms with E-state index in [1.54, 1.807) is 19.1 Å². The molecule has 0 unspecified atom stereocenters. The van der Waals surface area contributed by atoms with Crippen LogP contribution in [0.2, 0.25) is 0 Å². The molecule has 0 saturated carbocycles. The van der Waals surface area contributed by atoms with Gasteiger partial charge in [0.05, 0.1) is 10.6 Å². The number of carbonyl (C=O) groups is 1. The molecule has 180 valence electrons. The van der Waals surface area contributed by atoms with Crippen LogP contribution >= 0.6 is 0 Å². The van der Waals surface area contributed by atoms with Gasteiger partial charge in [0.1, 0.15) is 0 Å². The van der Waals surface area contributed by atoms with Gasteiger partial charge < -0.3 is 15.1 Å². The molecular formula is C26H37N3O3S. The highest BCUT2D eigenvalue weighted by atomic mass is 32.2. The molecule has 0 aliphatic carbocycles. The Hall–Kier alpha value is -2.54. The molecule has 1 aliphatic rings. The Bertz CT molecular complexity index is 996. The van der Waals surface area contributed by atoms with Crippen LogP contribution < -0.4 is 15.1 Å². The average molecular weight is 472 g/mol. The molecule has 3 rings (SSSR count). The Morgan fingerprint density at radius 2 is 1.64 bits per heavy atom. The van der Waals surface area contributed by atoms with Crippen molar-refractivity contribution in [3.8, 4) is 0 Å². The van der Waals surface area contributed by atoms with Gasteiger partial charge in [-0.1, -0.05) is 20.3 Å². The molecule has 1 N–H and O–H groups in total. The van der Waals surface area contributed by atoms with Crippen molar-refractivity contribution >= 4 is 27.1 Å². The van der Waals surface area contributed by atoms with E-state index in [-0.39, 0.29) is 17.7 Å². The first-order chi connectivity index (χ1) is 15.9. The molecule has 0 aromatic heterocycles. The van der Waals surface area contributed by atoms with Gasteiger partial charge in [-0.2, -0.15) is 0 Å². The van der Waals surface area contributed by atoms with Crippen molar-refractivity contribution in [3.05, 3.63) is 54.1 Å². The molecule has 1 saturated heterocycles. The lowest BCUT2D eigenvalue weighted by Crippen LogP contribution is -2.44. The van der Waals surface area contributed by atoms with Crippen molar-refractivity contribution in [2.75, 3.05) is 41.7 Å². The smallest absolute Gasteiger partial charge is 0.251 e. The average Bonchev–Trinajstić information content (AvgIpc) is 2.85. The summed E-state index contributed by atoms with van der Waals surface area (Å²) in [6.07, 6.45) is 4.05. The molecule has 7 heteroatoms. The number of carbonyl (C=O) groups excluding carboxylic acids is 1. The number of benzene rings is 2. The number of hydrogen-bond donors (Lipinski definition) is 1. The van der Waals surface area contributed by atoms with E-state index < -0.39 is 9.84 Å². The van der Waals surface area contributed by atoms with Gasteiger partial charge in [0.15, 0.2) is 9.84 Å². The van der Waals surface area contributed by atoms with Crippen molar-refractivity contribution in [1.82, 2.24) is 5.32 Å². The molecule has 2 aromatic carbocycles. The van der Waals surface area contributed by atoms with Gasteiger partial charge in [0.2, 0.25) is 0 Å².